The summed E-state index contributed by atoms with van der Waals surface area (Å²) in [6, 6.07) is 3.62. The molecule has 9 nitrogen and oxygen atoms in total. The first-order chi connectivity index (χ1) is 14.1. The first-order valence-electron chi connectivity index (χ1n) is 9.23. The molecule has 29 heavy (non-hydrogen) atoms. The van der Waals surface area contributed by atoms with Crippen molar-refractivity contribution in [2.75, 3.05) is 33.3 Å². The molecule has 1 unspecified atom stereocenters. The molecule has 10 heteroatoms. The summed E-state index contributed by atoms with van der Waals surface area (Å²) in [6.45, 7) is 0.743. The normalized spacial score (nSPS) is 16.6. The van der Waals surface area contributed by atoms with Crippen LogP contribution >= 0.6 is 15.9 Å². The molecular formula is C19H22BrN5O4. The van der Waals surface area contributed by atoms with E-state index in [1.807, 2.05) is 16.7 Å². The Morgan fingerprint density at radius 1 is 1.10 bits per heavy atom. The average molecular weight is 464 g/mol. The summed E-state index contributed by atoms with van der Waals surface area (Å²) in [5.74, 6) is 2.17. The molecule has 1 saturated heterocycles. The van der Waals surface area contributed by atoms with Crippen molar-refractivity contribution in [3.8, 4) is 17.2 Å². The zero-order valence-electron chi connectivity index (χ0n) is 16.4. The van der Waals surface area contributed by atoms with Crippen molar-refractivity contribution in [1.82, 2.24) is 19.5 Å². The van der Waals surface area contributed by atoms with Crippen LogP contribution in [0.5, 0.6) is 17.2 Å². The molecule has 0 bridgehead atoms. The van der Waals surface area contributed by atoms with Crippen LogP contribution in [0.3, 0.4) is 0 Å². The Kier molecular flexibility index (Phi) is 5.72. The summed E-state index contributed by atoms with van der Waals surface area (Å²) < 4.78 is 24.5. The summed E-state index contributed by atoms with van der Waals surface area (Å²) in [6.07, 6.45) is 4.82. The fourth-order valence-electron chi connectivity index (χ4n) is 3.42. The Balaban J connectivity index is 1.74. The van der Waals surface area contributed by atoms with Gasteiger partial charge in [-0.3, -0.25) is 4.57 Å². The molecule has 0 radical (unpaired) electrons. The highest BCUT2D eigenvalue weighted by atomic mass is 79.9. The molecule has 2 aromatic heterocycles. The minimum Gasteiger partial charge on any atom is -0.493 e. The third kappa shape index (κ3) is 3.82. The number of ether oxygens (including phenoxy) is 4. The Morgan fingerprint density at radius 3 is 2.48 bits per heavy atom. The second-order valence-electron chi connectivity index (χ2n) is 6.53. The Hall–Kier alpha value is -2.59. The van der Waals surface area contributed by atoms with Crippen LogP contribution in [0.4, 0.5) is 11.5 Å². The predicted molar refractivity (Wildman–Crippen MR) is 111 cm³/mol. The number of nitrogens with one attached hydrogen (secondary N) is 1. The van der Waals surface area contributed by atoms with Crippen molar-refractivity contribution in [1.29, 1.82) is 0 Å². The van der Waals surface area contributed by atoms with Crippen molar-refractivity contribution in [2.45, 2.75) is 25.5 Å². The maximum atomic E-state index is 5.89. The number of rotatable bonds is 6. The van der Waals surface area contributed by atoms with Gasteiger partial charge in [-0.1, -0.05) is 0 Å². The van der Waals surface area contributed by atoms with E-state index in [4.69, 9.17) is 18.9 Å². The van der Waals surface area contributed by atoms with Gasteiger partial charge in [0.2, 0.25) is 10.5 Å². The third-order valence-electron chi connectivity index (χ3n) is 4.79. The van der Waals surface area contributed by atoms with Gasteiger partial charge in [-0.2, -0.15) is 0 Å². The molecule has 154 valence electrons. The molecule has 1 N–H and O–H groups in total. The second kappa shape index (κ2) is 8.42. The largest absolute Gasteiger partial charge is 0.493 e. The molecule has 1 aliphatic rings. The number of methoxy groups -OCH3 is 3. The zero-order chi connectivity index (χ0) is 20.4. The van der Waals surface area contributed by atoms with Gasteiger partial charge in [-0.25, -0.2) is 15.0 Å². The van der Waals surface area contributed by atoms with Crippen LogP contribution < -0.4 is 19.5 Å². The SMILES string of the molecule is COc1cc(Nc2nc(Br)nc3c2ncn3C2CCCCO2)cc(OC)c1OC. The zero-order valence-corrected chi connectivity index (χ0v) is 18.0. The van der Waals surface area contributed by atoms with Crippen LogP contribution in [-0.4, -0.2) is 47.5 Å². The van der Waals surface area contributed by atoms with Crippen molar-refractivity contribution >= 4 is 38.6 Å². The van der Waals surface area contributed by atoms with E-state index in [9.17, 15) is 0 Å². The van der Waals surface area contributed by atoms with E-state index in [0.29, 0.717) is 39.0 Å². The van der Waals surface area contributed by atoms with Crippen LogP contribution in [0.15, 0.2) is 23.2 Å². The predicted octanol–water partition coefficient (Wildman–Crippen LogP) is 4.06. The van der Waals surface area contributed by atoms with E-state index in [1.165, 1.54) is 0 Å². The molecule has 0 aliphatic carbocycles. The molecule has 3 heterocycles. The highest BCUT2D eigenvalue weighted by Gasteiger charge is 2.21. The summed E-state index contributed by atoms with van der Waals surface area (Å²) in [5.41, 5.74) is 2.07. The average Bonchev–Trinajstić information content (AvgIpc) is 3.17. The number of hydrogen-bond donors (Lipinski definition) is 1. The van der Waals surface area contributed by atoms with Crippen LogP contribution in [-0.2, 0) is 4.74 Å². The molecule has 0 spiro atoms. The van der Waals surface area contributed by atoms with E-state index in [2.05, 4.69) is 36.2 Å². The number of imidazole rings is 1. The highest BCUT2D eigenvalue weighted by molar-refractivity contribution is 9.10. The van der Waals surface area contributed by atoms with Gasteiger partial charge >= 0.3 is 0 Å². The summed E-state index contributed by atoms with van der Waals surface area (Å²) in [5, 5.41) is 3.29. The van der Waals surface area contributed by atoms with Crippen molar-refractivity contribution < 1.29 is 18.9 Å². The number of nitrogens with zero attached hydrogens (tertiary/aromatic N) is 4. The van der Waals surface area contributed by atoms with Crippen LogP contribution in [0, 0.1) is 0 Å². The van der Waals surface area contributed by atoms with Crippen LogP contribution in [0.1, 0.15) is 25.5 Å². The Morgan fingerprint density at radius 2 is 1.86 bits per heavy atom. The van der Waals surface area contributed by atoms with Crippen LogP contribution in [0.25, 0.3) is 11.2 Å². The molecule has 4 rings (SSSR count). The summed E-state index contributed by atoms with van der Waals surface area (Å²) >= 11 is 3.41. The van der Waals surface area contributed by atoms with Gasteiger partial charge in [-0.15, -0.1) is 0 Å². The molecule has 3 aromatic rings. The topological polar surface area (TPSA) is 92.6 Å². The lowest BCUT2D eigenvalue weighted by atomic mass is 10.2. The molecule has 1 fully saturated rings. The molecule has 1 aliphatic heterocycles. The minimum absolute atomic E-state index is 0.0652. The third-order valence-corrected chi connectivity index (χ3v) is 5.14. The van der Waals surface area contributed by atoms with E-state index in [-0.39, 0.29) is 6.23 Å². The maximum Gasteiger partial charge on any atom is 0.203 e. The first-order valence-corrected chi connectivity index (χ1v) is 10.0. The number of anilines is 2. The van der Waals surface area contributed by atoms with Gasteiger partial charge in [0.15, 0.2) is 28.5 Å². The molecule has 0 saturated carbocycles. The van der Waals surface area contributed by atoms with Gasteiger partial charge in [0.25, 0.3) is 0 Å². The standard InChI is InChI=1S/C19H22BrN5O4/c1-26-12-8-11(9-13(27-2)16(12)28-3)22-17-15-18(24-19(20)23-17)25(10-21-15)14-6-4-5-7-29-14/h8-10,14H,4-7H2,1-3H3,(H,22,23,24). The van der Waals surface area contributed by atoms with Crippen LogP contribution in [0.2, 0.25) is 0 Å². The molecule has 1 aromatic carbocycles. The number of halogens is 1. The highest BCUT2D eigenvalue weighted by Crippen LogP contribution is 2.41. The van der Waals surface area contributed by atoms with Gasteiger partial charge in [-0.05, 0) is 35.2 Å². The van der Waals surface area contributed by atoms with E-state index in [1.54, 1.807) is 27.7 Å². The second-order valence-corrected chi connectivity index (χ2v) is 7.23. The first kappa shape index (κ1) is 19.7. The molecule has 0 amide bonds. The number of fused-ring (bicyclic) bond motifs is 1. The number of hydrogen-bond acceptors (Lipinski definition) is 8. The van der Waals surface area contributed by atoms with Gasteiger partial charge in [0, 0.05) is 24.4 Å². The smallest absolute Gasteiger partial charge is 0.203 e. The van der Waals surface area contributed by atoms with Crippen molar-refractivity contribution in [2.24, 2.45) is 0 Å². The lowest BCUT2D eigenvalue weighted by Crippen LogP contribution is -2.17. The van der Waals surface area contributed by atoms with Gasteiger partial charge in [0.05, 0.1) is 27.7 Å². The minimum atomic E-state index is -0.0652. The van der Waals surface area contributed by atoms with E-state index < -0.39 is 0 Å². The molecular weight excluding hydrogens is 442 g/mol. The Labute approximate surface area is 176 Å². The lowest BCUT2D eigenvalue weighted by molar-refractivity contribution is -0.0298. The van der Waals surface area contributed by atoms with Crippen molar-refractivity contribution in [3.63, 3.8) is 0 Å². The lowest BCUT2D eigenvalue weighted by Gasteiger charge is -2.23. The van der Waals surface area contributed by atoms with Crippen molar-refractivity contribution in [3.05, 3.63) is 23.2 Å². The van der Waals surface area contributed by atoms with E-state index in [0.717, 1.165) is 31.6 Å². The summed E-state index contributed by atoms with van der Waals surface area (Å²) in [4.78, 5) is 13.5. The van der Waals surface area contributed by atoms with Gasteiger partial charge < -0.3 is 24.3 Å². The summed E-state index contributed by atoms with van der Waals surface area (Å²) in [7, 11) is 4.72. The van der Waals surface area contributed by atoms with E-state index >= 15 is 0 Å². The maximum absolute atomic E-state index is 5.89. The quantitative estimate of drug-likeness (QED) is 0.547. The number of aromatic nitrogens is 4. The fourth-order valence-corrected chi connectivity index (χ4v) is 3.77. The number of benzene rings is 1. The Bertz CT molecular complexity index is 994. The monoisotopic (exact) mass is 463 g/mol. The van der Waals surface area contributed by atoms with Gasteiger partial charge in [0.1, 0.15) is 6.23 Å². The fraction of sp³-hybridized carbons (Fsp3) is 0.421. The molecule has 1 atom stereocenters.